The molecule has 8 heteroatoms. The SMILES string of the molecule is CC(C)CCNC(=O)CNc1c(Cl)cc(Cl)c2nsnc12. The highest BCUT2D eigenvalue weighted by Crippen LogP contribution is 2.34. The van der Waals surface area contributed by atoms with Crippen LogP contribution in [0.2, 0.25) is 10.0 Å². The summed E-state index contributed by atoms with van der Waals surface area (Å²) in [6.07, 6.45) is 0.952. The predicted molar refractivity (Wildman–Crippen MR) is 88.4 cm³/mol. The zero-order valence-corrected chi connectivity index (χ0v) is 14.1. The zero-order chi connectivity index (χ0) is 15.4. The summed E-state index contributed by atoms with van der Waals surface area (Å²) in [6.45, 7) is 5.03. The number of nitrogens with zero attached hydrogens (tertiary/aromatic N) is 2. The first-order valence-corrected chi connectivity index (χ1v) is 8.08. The minimum absolute atomic E-state index is 0.0852. The van der Waals surface area contributed by atoms with Crippen molar-refractivity contribution in [3.05, 3.63) is 16.1 Å². The Hall–Kier alpha value is -1.11. The Labute approximate surface area is 137 Å². The molecular formula is C13H16Cl2N4OS. The molecule has 0 spiro atoms. The van der Waals surface area contributed by atoms with E-state index in [1.165, 1.54) is 0 Å². The summed E-state index contributed by atoms with van der Waals surface area (Å²) >= 11 is 13.3. The van der Waals surface area contributed by atoms with Gasteiger partial charge in [-0.2, -0.15) is 8.75 Å². The van der Waals surface area contributed by atoms with Crippen molar-refractivity contribution in [2.75, 3.05) is 18.4 Å². The minimum Gasteiger partial charge on any atom is -0.373 e. The second kappa shape index (κ2) is 7.24. The van der Waals surface area contributed by atoms with Crippen LogP contribution in [0.4, 0.5) is 5.69 Å². The maximum absolute atomic E-state index is 11.8. The third kappa shape index (κ3) is 4.18. The monoisotopic (exact) mass is 346 g/mol. The molecule has 0 aliphatic rings. The van der Waals surface area contributed by atoms with Gasteiger partial charge in [-0.25, -0.2) is 0 Å². The van der Waals surface area contributed by atoms with Crippen molar-refractivity contribution in [3.8, 4) is 0 Å². The van der Waals surface area contributed by atoms with E-state index in [9.17, 15) is 4.79 Å². The molecule has 0 radical (unpaired) electrons. The quantitative estimate of drug-likeness (QED) is 0.838. The summed E-state index contributed by atoms with van der Waals surface area (Å²) in [5.74, 6) is 0.475. The summed E-state index contributed by atoms with van der Waals surface area (Å²) in [5, 5.41) is 6.74. The molecule has 114 valence electrons. The third-order valence-electron chi connectivity index (χ3n) is 2.91. The van der Waals surface area contributed by atoms with Gasteiger partial charge in [0.25, 0.3) is 0 Å². The molecule has 0 atom stereocenters. The Morgan fingerprint density at radius 1 is 1.29 bits per heavy atom. The van der Waals surface area contributed by atoms with Gasteiger partial charge in [0.05, 0.1) is 34.0 Å². The van der Waals surface area contributed by atoms with Gasteiger partial charge in [0, 0.05) is 6.54 Å². The van der Waals surface area contributed by atoms with Crippen LogP contribution in [-0.4, -0.2) is 27.7 Å². The van der Waals surface area contributed by atoms with Crippen LogP contribution in [0.5, 0.6) is 0 Å². The molecule has 0 aliphatic carbocycles. The van der Waals surface area contributed by atoms with Crippen LogP contribution in [0.15, 0.2) is 6.07 Å². The average molecular weight is 347 g/mol. The number of halogens is 2. The van der Waals surface area contributed by atoms with Gasteiger partial charge in [-0.15, -0.1) is 0 Å². The number of hydrogen-bond donors (Lipinski definition) is 2. The Kier molecular flexibility index (Phi) is 5.61. The number of amides is 1. The van der Waals surface area contributed by atoms with Crippen molar-refractivity contribution >= 4 is 57.6 Å². The number of aromatic nitrogens is 2. The van der Waals surface area contributed by atoms with Gasteiger partial charge < -0.3 is 10.6 Å². The number of fused-ring (bicyclic) bond motifs is 1. The number of carbonyl (C=O) groups is 1. The highest BCUT2D eigenvalue weighted by atomic mass is 35.5. The fourth-order valence-electron chi connectivity index (χ4n) is 1.77. The molecule has 0 aliphatic heterocycles. The normalized spacial score (nSPS) is 11.1. The number of benzene rings is 1. The van der Waals surface area contributed by atoms with E-state index in [4.69, 9.17) is 23.2 Å². The second-order valence-corrected chi connectivity index (χ2v) is 6.41. The molecular weight excluding hydrogens is 331 g/mol. The van der Waals surface area contributed by atoms with E-state index in [2.05, 4.69) is 33.2 Å². The molecule has 2 aromatic rings. The van der Waals surface area contributed by atoms with Gasteiger partial charge in [-0.1, -0.05) is 37.0 Å². The molecule has 0 unspecified atom stereocenters. The third-order valence-corrected chi connectivity index (χ3v) is 4.03. The van der Waals surface area contributed by atoms with Gasteiger partial charge in [-0.3, -0.25) is 4.79 Å². The fraction of sp³-hybridized carbons (Fsp3) is 0.462. The Morgan fingerprint density at radius 2 is 2.00 bits per heavy atom. The standard InChI is InChI=1S/C13H16Cl2N4OS/c1-7(2)3-4-16-10(20)6-17-11-8(14)5-9(15)12-13(11)19-21-18-12/h5,7,17H,3-4,6H2,1-2H3,(H,16,20). The highest BCUT2D eigenvalue weighted by Gasteiger charge is 2.14. The maximum Gasteiger partial charge on any atom is 0.239 e. The van der Waals surface area contributed by atoms with Crippen molar-refractivity contribution in [1.82, 2.24) is 14.1 Å². The zero-order valence-electron chi connectivity index (χ0n) is 11.7. The minimum atomic E-state index is -0.0852. The maximum atomic E-state index is 11.8. The van der Waals surface area contributed by atoms with Crippen molar-refractivity contribution in [1.29, 1.82) is 0 Å². The molecule has 21 heavy (non-hydrogen) atoms. The van der Waals surface area contributed by atoms with E-state index < -0.39 is 0 Å². The highest BCUT2D eigenvalue weighted by molar-refractivity contribution is 7.00. The molecule has 0 saturated heterocycles. The molecule has 1 aromatic carbocycles. The average Bonchev–Trinajstić information content (AvgIpc) is 2.87. The molecule has 2 N–H and O–H groups in total. The van der Waals surface area contributed by atoms with E-state index in [0.29, 0.717) is 39.2 Å². The number of carbonyl (C=O) groups excluding carboxylic acids is 1. The Balaban J connectivity index is 2.00. The Bertz CT molecular complexity index is 644. The van der Waals surface area contributed by atoms with Crippen molar-refractivity contribution in [3.63, 3.8) is 0 Å². The number of nitrogens with one attached hydrogen (secondary N) is 2. The van der Waals surface area contributed by atoms with Gasteiger partial charge >= 0.3 is 0 Å². The van der Waals surface area contributed by atoms with Crippen LogP contribution in [0, 0.1) is 5.92 Å². The van der Waals surface area contributed by atoms with Crippen LogP contribution < -0.4 is 10.6 Å². The lowest BCUT2D eigenvalue weighted by molar-refractivity contribution is -0.119. The van der Waals surface area contributed by atoms with E-state index in [-0.39, 0.29) is 12.5 Å². The van der Waals surface area contributed by atoms with E-state index in [1.807, 2.05) is 0 Å². The smallest absolute Gasteiger partial charge is 0.239 e. The van der Waals surface area contributed by atoms with Gasteiger partial charge in [-0.05, 0) is 18.4 Å². The van der Waals surface area contributed by atoms with E-state index in [1.54, 1.807) is 6.07 Å². The summed E-state index contributed by atoms with van der Waals surface area (Å²) < 4.78 is 8.29. The Morgan fingerprint density at radius 3 is 2.71 bits per heavy atom. The lowest BCUT2D eigenvalue weighted by Gasteiger charge is -2.10. The summed E-state index contributed by atoms with van der Waals surface area (Å²) in [5.41, 5.74) is 1.77. The van der Waals surface area contributed by atoms with Crippen molar-refractivity contribution < 1.29 is 4.79 Å². The van der Waals surface area contributed by atoms with Crippen LogP contribution in [-0.2, 0) is 4.79 Å². The number of anilines is 1. The van der Waals surface area contributed by atoms with E-state index >= 15 is 0 Å². The first-order valence-electron chi connectivity index (χ1n) is 6.60. The topological polar surface area (TPSA) is 66.9 Å². The lowest BCUT2D eigenvalue weighted by atomic mass is 10.1. The van der Waals surface area contributed by atoms with Crippen molar-refractivity contribution in [2.24, 2.45) is 5.92 Å². The molecule has 5 nitrogen and oxygen atoms in total. The predicted octanol–water partition coefficient (Wildman–Crippen LogP) is 3.57. The fourth-order valence-corrected chi connectivity index (χ4v) is 2.95. The van der Waals surface area contributed by atoms with Crippen molar-refractivity contribution in [2.45, 2.75) is 20.3 Å². The number of rotatable bonds is 6. The van der Waals surface area contributed by atoms with Gasteiger partial charge in [0.1, 0.15) is 11.0 Å². The molecule has 1 aromatic heterocycles. The van der Waals surface area contributed by atoms with E-state index in [0.717, 1.165) is 18.1 Å². The second-order valence-electron chi connectivity index (χ2n) is 5.06. The summed E-state index contributed by atoms with van der Waals surface area (Å²) in [7, 11) is 0. The van der Waals surface area contributed by atoms with Crippen LogP contribution in [0.3, 0.4) is 0 Å². The van der Waals surface area contributed by atoms with Crippen LogP contribution in [0.25, 0.3) is 11.0 Å². The number of hydrogen-bond acceptors (Lipinski definition) is 5. The molecule has 1 heterocycles. The molecule has 0 saturated carbocycles. The summed E-state index contributed by atoms with van der Waals surface area (Å²) in [6, 6.07) is 1.60. The first kappa shape index (κ1) is 16.3. The summed E-state index contributed by atoms with van der Waals surface area (Å²) in [4.78, 5) is 11.8. The molecule has 2 rings (SSSR count). The van der Waals surface area contributed by atoms with Crippen LogP contribution in [0.1, 0.15) is 20.3 Å². The first-order chi connectivity index (χ1) is 9.99. The molecule has 1 amide bonds. The largest absolute Gasteiger partial charge is 0.373 e. The van der Waals surface area contributed by atoms with Crippen LogP contribution >= 0.6 is 34.9 Å². The van der Waals surface area contributed by atoms with Gasteiger partial charge in [0.15, 0.2) is 0 Å². The molecule has 0 fully saturated rings. The lowest BCUT2D eigenvalue weighted by Crippen LogP contribution is -2.31. The molecule has 0 bridgehead atoms. The van der Waals surface area contributed by atoms with Gasteiger partial charge in [0.2, 0.25) is 5.91 Å².